The Labute approximate surface area is 115 Å². The Kier molecular flexibility index (Phi) is 4.16. The van der Waals surface area contributed by atoms with Gasteiger partial charge in [0, 0.05) is 13.1 Å². The van der Waals surface area contributed by atoms with Gasteiger partial charge in [0.05, 0.1) is 11.2 Å². The van der Waals surface area contributed by atoms with Gasteiger partial charge in [0.25, 0.3) is 5.91 Å². The van der Waals surface area contributed by atoms with E-state index in [0.717, 1.165) is 5.56 Å². The summed E-state index contributed by atoms with van der Waals surface area (Å²) >= 11 is 5.93. The van der Waals surface area contributed by atoms with Crippen molar-refractivity contribution < 1.29 is 9.18 Å². The zero-order valence-corrected chi connectivity index (χ0v) is 11.1. The van der Waals surface area contributed by atoms with Gasteiger partial charge in [-0.2, -0.15) is 5.10 Å². The fraction of sp³-hybridized carbons (Fsp3) is 0.231. The molecule has 1 aromatic heterocycles. The number of nitrogens with one attached hydrogen (secondary N) is 1. The van der Waals surface area contributed by atoms with Crippen LogP contribution >= 0.6 is 11.6 Å². The van der Waals surface area contributed by atoms with E-state index in [-0.39, 0.29) is 11.7 Å². The minimum absolute atomic E-state index is 0.298. The number of aromatic nitrogens is 2. The van der Waals surface area contributed by atoms with Crippen molar-refractivity contribution in [3.05, 3.63) is 52.6 Å². The Morgan fingerprint density at radius 2 is 2.11 bits per heavy atom. The van der Waals surface area contributed by atoms with E-state index in [1.807, 2.05) is 6.92 Å². The molecule has 0 bridgehead atoms. The van der Waals surface area contributed by atoms with E-state index < -0.39 is 0 Å². The first-order valence-corrected chi connectivity index (χ1v) is 6.23. The van der Waals surface area contributed by atoms with Gasteiger partial charge in [-0.15, -0.1) is 0 Å². The standard InChI is InChI=1S/C13H13ClFN3O/c1-2-18-12(11(14)8-17-18)13(19)16-7-9-3-5-10(15)6-4-9/h3-6,8H,2,7H2,1H3,(H,16,19). The first-order chi connectivity index (χ1) is 9.11. The number of benzene rings is 1. The Morgan fingerprint density at radius 1 is 1.42 bits per heavy atom. The molecule has 0 spiro atoms. The molecule has 2 aromatic rings. The lowest BCUT2D eigenvalue weighted by Crippen LogP contribution is -2.26. The molecule has 0 fully saturated rings. The maximum absolute atomic E-state index is 12.7. The zero-order chi connectivity index (χ0) is 13.8. The molecule has 4 nitrogen and oxygen atoms in total. The van der Waals surface area contributed by atoms with E-state index in [1.54, 1.807) is 12.1 Å². The molecule has 6 heteroatoms. The van der Waals surface area contributed by atoms with Crippen molar-refractivity contribution in [2.45, 2.75) is 20.0 Å². The lowest BCUT2D eigenvalue weighted by molar-refractivity contribution is 0.0940. The number of nitrogens with zero attached hydrogens (tertiary/aromatic N) is 2. The molecule has 0 radical (unpaired) electrons. The number of halogens is 2. The molecule has 1 heterocycles. The van der Waals surface area contributed by atoms with Crippen LogP contribution in [0.3, 0.4) is 0 Å². The predicted molar refractivity (Wildman–Crippen MR) is 70.5 cm³/mol. The van der Waals surface area contributed by atoms with Gasteiger partial charge in [-0.05, 0) is 24.6 Å². The molecule has 0 aliphatic rings. The SMILES string of the molecule is CCn1ncc(Cl)c1C(=O)NCc1ccc(F)cc1. The Morgan fingerprint density at radius 3 is 2.74 bits per heavy atom. The summed E-state index contributed by atoms with van der Waals surface area (Å²) in [6, 6.07) is 5.94. The van der Waals surface area contributed by atoms with E-state index in [2.05, 4.69) is 10.4 Å². The van der Waals surface area contributed by atoms with E-state index in [9.17, 15) is 9.18 Å². The van der Waals surface area contributed by atoms with Crippen molar-refractivity contribution in [1.29, 1.82) is 0 Å². The van der Waals surface area contributed by atoms with Gasteiger partial charge in [-0.3, -0.25) is 9.48 Å². The molecule has 0 aliphatic carbocycles. The molecule has 0 unspecified atom stereocenters. The Bertz CT molecular complexity index is 580. The van der Waals surface area contributed by atoms with E-state index in [0.29, 0.717) is 23.8 Å². The van der Waals surface area contributed by atoms with Crippen LogP contribution in [0.15, 0.2) is 30.5 Å². The van der Waals surface area contributed by atoms with Gasteiger partial charge in [-0.25, -0.2) is 4.39 Å². The molecule has 100 valence electrons. The van der Waals surface area contributed by atoms with Crippen molar-refractivity contribution in [2.75, 3.05) is 0 Å². The second kappa shape index (κ2) is 5.84. The van der Waals surface area contributed by atoms with Crippen molar-refractivity contribution >= 4 is 17.5 Å². The average Bonchev–Trinajstić information content (AvgIpc) is 2.79. The van der Waals surface area contributed by atoms with Crippen LogP contribution < -0.4 is 5.32 Å². The number of rotatable bonds is 4. The summed E-state index contributed by atoms with van der Waals surface area (Å²) in [6.45, 7) is 2.75. The first kappa shape index (κ1) is 13.5. The molecule has 19 heavy (non-hydrogen) atoms. The van der Waals surface area contributed by atoms with Crippen LogP contribution in [0.5, 0.6) is 0 Å². The smallest absolute Gasteiger partial charge is 0.271 e. The summed E-state index contributed by atoms with van der Waals surface area (Å²) < 4.78 is 14.3. The third-order valence-corrected chi connectivity index (χ3v) is 2.95. The fourth-order valence-corrected chi connectivity index (χ4v) is 1.92. The number of aryl methyl sites for hydroxylation is 1. The molecule has 1 aromatic carbocycles. The minimum atomic E-state index is -0.304. The normalized spacial score (nSPS) is 10.5. The van der Waals surface area contributed by atoms with Gasteiger partial charge in [0.15, 0.2) is 0 Å². The van der Waals surface area contributed by atoms with Crippen LogP contribution in [0.1, 0.15) is 23.0 Å². The van der Waals surface area contributed by atoms with E-state index in [1.165, 1.54) is 23.0 Å². The van der Waals surface area contributed by atoms with E-state index >= 15 is 0 Å². The molecule has 1 amide bonds. The zero-order valence-electron chi connectivity index (χ0n) is 10.4. The maximum atomic E-state index is 12.7. The fourth-order valence-electron chi connectivity index (χ4n) is 1.70. The quantitative estimate of drug-likeness (QED) is 0.936. The number of carbonyl (C=O) groups excluding carboxylic acids is 1. The third kappa shape index (κ3) is 3.12. The number of hydrogen-bond donors (Lipinski definition) is 1. The topological polar surface area (TPSA) is 46.9 Å². The molecular weight excluding hydrogens is 269 g/mol. The highest BCUT2D eigenvalue weighted by Gasteiger charge is 2.16. The van der Waals surface area contributed by atoms with Gasteiger partial charge in [-0.1, -0.05) is 23.7 Å². The molecule has 1 N–H and O–H groups in total. The van der Waals surface area contributed by atoms with Crippen molar-refractivity contribution in [1.82, 2.24) is 15.1 Å². The highest BCUT2D eigenvalue weighted by molar-refractivity contribution is 6.33. The highest BCUT2D eigenvalue weighted by atomic mass is 35.5. The Balaban J connectivity index is 2.05. The van der Waals surface area contributed by atoms with Crippen LogP contribution in [0, 0.1) is 5.82 Å². The van der Waals surface area contributed by atoms with Crippen LogP contribution in [0.25, 0.3) is 0 Å². The number of carbonyl (C=O) groups is 1. The molecule has 2 rings (SSSR count). The number of hydrogen-bond acceptors (Lipinski definition) is 2. The molecule has 0 saturated carbocycles. The second-order valence-corrected chi connectivity index (χ2v) is 4.37. The van der Waals surface area contributed by atoms with Crippen LogP contribution in [0.4, 0.5) is 4.39 Å². The molecule has 0 atom stereocenters. The third-order valence-electron chi connectivity index (χ3n) is 2.68. The van der Waals surface area contributed by atoms with Gasteiger partial charge in [0.1, 0.15) is 11.5 Å². The highest BCUT2D eigenvalue weighted by Crippen LogP contribution is 2.15. The minimum Gasteiger partial charge on any atom is -0.347 e. The lowest BCUT2D eigenvalue weighted by atomic mass is 10.2. The summed E-state index contributed by atoms with van der Waals surface area (Å²) in [7, 11) is 0. The Hall–Kier alpha value is -1.88. The van der Waals surface area contributed by atoms with Crippen molar-refractivity contribution in [3.8, 4) is 0 Å². The lowest BCUT2D eigenvalue weighted by Gasteiger charge is -2.07. The van der Waals surface area contributed by atoms with E-state index in [4.69, 9.17) is 11.6 Å². The summed E-state index contributed by atoms with van der Waals surface area (Å²) in [5.74, 6) is -0.601. The summed E-state index contributed by atoms with van der Waals surface area (Å²) in [6.07, 6.45) is 1.44. The van der Waals surface area contributed by atoms with Gasteiger partial charge >= 0.3 is 0 Å². The summed E-state index contributed by atoms with van der Waals surface area (Å²) in [5, 5.41) is 7.04. The summed E-state index contributed by atoms with van der Waals surface area (Å²) in [4.78, 5) is 12.0. The first-order valence-electron chi connectivity index (χ1n) is 5.85. The van der Waals surface area contributed by atoms with Crippen molar-refractivity contribution in [3.63, 3.8) is 0 Å². The maximum Gasteiger partial charge on any atom is 0.271 e. The molecule has 0 aliphatic heterocycles. The largest absolute Gasteiger partial charge is 0.347 e. The second-order valence-electron chi connectivity index (χ2n) is 3.97. The van der Waals surface area contributed by atoms with Crippen LogP contribution in [-0.2, 0) is 13.1 Å². The van der Waals surface area contributed by atoms with Crippen molar-refractivity contribution in [2.24, 2.45) is 0 Å². The summed E-state index contributed by atoms with van der Waals surface area (Å²) in [5.41, 5.74) is 1.15. The number of amides is 1. The molecular formula is C13H13ClFN3O. The molecule has 0 saturated heterocycles. The van der Waals surface area contributed by atoms with Gasteiger partial charge in [0.2, 0.25) is 0 Å². The predicted octanol–water partition coefficient (Wildman–Crippen LogP) is 2.63. The van der Waals surface area contributed by atoms with Gasteiger partial charge < -0.3 is 5.32 Å². The monoisotopic (exact) mass is 281 g/mol. The average molecular weight is 282 g/mol. The van der Waals surface area contributed by atoms with Crippen LogP contribution in [0.2, 0.25) is 5.02 Å². The van der Waals surface area contributed by atoms with Crippen LogP contribution in [-0.4, -0.2) is 15.7 Å².